The highest BCUT2D eigenvalue weighted by Gasteiger charge is 2.25. The van der Waals surface area contributed by atoms with Gasteiger partial charge in [-0.2, -0.15) is 0 Å². The number of hydrogen-bond acceptors (Lipinski definition) is 6. The van der Waals surface area contributed by atoms with Gasteiger partial charge in [0.15, 0.2) is 17.8 Å². The van der Waals surface area contributed by atoms with Crippen molar-refractivity contribution in [3.63, 3.8) is 0 Å². The number of aliphatic imine (C=N–C) groups is 1. The van der Waals surface area contributed by atoms with Crippen molar-refractivity contribution >= 4 is 22.8 Å². The molecule has 1 aliphatic rings. The van der Waals surface area contributed by atoms with Crippen LogP contribution in [-0.2, 0) is 0 Å². The van der Waals surface area contributed by atoms with Crippen molar-refractivity contribution in [3.05, 3.63) is 48.4 Å². The molecule has 0 fully saturated rings. The minimum atomic E-state index is -0.373. The number of nitrogens with two attached hydrogens (primary N) is 1. The first-order chi connectivity index (χ1) is 9.83. The Morgan fingerprint density at radius 3 is 2.85 bits per heavy atom. The van der Waals surface area contributed by atoms with Crippen molar-refractivity contribution in [1.82, 2.24) is 19.7 Å². The summed E-state index contributed by atoms with van der Waals surface area (Å²) in [6.07, 6.45) is 3.06. The van der Waals surface area contributed by atoms with Crippen LogP contribution in [0.5, 0.6) is 0 Å². The van der Waals surface area contributed by atoms with Crippen LogP contribution in [-0.4, -0.2) is 25.7 Å². The molecule has 7 nitrogen and oxygen atoms in total. The highest BCUT2D eigenvalue weighted by atomic mass is 15.4. The number of nitrogens with zero attached hydrogens (tertiary/aromatic N) is 5. The number of fused-ring (bicyclic) bond motifs is 3. The van der Waals surface area contributed by atoms with Gasteiger partial charge in [0.05, 0.1) is 11.1 Å². The van der Waals surface area contributed by atoms with E-state index in [4.69, 9.17) is 5.73 Å². The predicted octanol–water partition coefficient (Wildman–Crippen LogP) is 1.11. The molecule has 1 aliphatic heterocycles. The van der Waals surface area contributed by atoms with Crippen LogP contribution in [0.25, 0.3) is 11.0 Å². The molecule has 4 rings (SSSR count). The van der Waals surface area contributed by atoms with Crippen LogP contribution in [0.3, 0.4) is 0 Å². The second kappa shape index (κ2) is 4.02. The number of pyridine rings is 2. The molecule has 0 aromatic carbocycles. The largest absolute Gasteiger partial charge is 0.370 e. The molecule has 98 valence electrons. The molecule has 3 aromatic rings. The lowest BCUT2D eigenvalue weighted by Gasteiger charge is -2.21. The molecule has 0 unspecified atom stereocenters. The summed E-state index contributed by atoms with van der Waals surface area (Å²) in [4.78, 5) is 13.0. The molecule has 20 heavy (non-hydrogen) atoms. The fourth-order valence-electron chi connectivity index (χ4n) is 2.30. The summed E-state index contributed by atoms with van der Waals surface area (Å²) >= 11 is 0. The zero-order chi connectivity index (χ0) is 13.5. The molecule has 1 atom stereocenters. The molecule has 0 saturated carbocycles. The average Bonchev–Trinajstić information content (AvgIpc) is 2.86. The standard InChI is InChI=1S/C13H11N7/c14-13-17-11-8-4-3-7-16-10(8)19-20(11)12(18-13)9-5-1-2-6-15-9/h1-7,12H,(H3,14,17,18)/t12-/m0/s1. The molecule has 0 aliphatic carbocycles. The van der Waals surface area contributed by atoms with Gasteiger partial charge in [-0.25, -0.2) is 14.7 Å². The maximum absolute atomic E-state index is 5.88. The van der Waals surface area contributed by atoms with Crippen LogP contribution >= 0.6 is 0 Å². The lowest BCUT2D eigenvalue weighted by molar-refractivity contribution is 0.534. The lowest BCUT2D eigenvalue weighted by atomic mass is 10.2. The van der Waals surface area contributed by atoms with E-state index < -0.39 is 0 Å². The van der Waals surface area contributed by atoms with Crippen LogP contribution in [0.15, 0.2) is 47.7 Å². The van der Waals surface area contributed by atoms with Gasteiger partial charge in [-0.1, -0.05) is 6.07 Å². The van der Waals surface area contributed by atoms with Crippen LogP contribution in [0, 0.1) is 0 Å². The normalized spacial score (nSPS) is 17.4. The zero-order valence-electron chi connectivity index (χ0n) is 10.4. The molecular weight excluding hydrogens is 254 g/mol. The van der Waals surface area contributed by atoms with Crippen molar-refractivity contribution in [3.8, 4) is 0 Å². The third-order valence-corrected chi connectivity index (χ3v) is 3.17. The van der Waals surface area contributed by atoms with Crippen molar-refractivity contribution in [2.75, 3.05) is 5.32 Å². The first-order valence-electron chi connectivity index (χ1n) is 6.17. The summed E-state index contributed by atoms with van der Waals surface area (Å²) < 4.78 is 1.76. The maximum Gasteiger partial charge on any atom is 0.196 e. The molecule has 0 radical (unpaired) electrons. The number of nitrogens with one attached hydrogen (secondary N) is 1. The summed E-state index contributed by atoms with van der Waals surface area (Å²) in [5.41, 5.74) is 7.31. The summed E-state index contributed by atoms with van der Waals surface area (Å²) in [6, 6.07) is 9.49. The summed E-state index contributed by atoms with van der Waals surface area (Å²) in [6.45, 7) is 0. The summed E-state index contributed by atoms with van der Waals surface area (Å²) in [5.74, 6) is 1.13. The van der Waals surface area contributed by atoms with Gasteiger partial charge in [0.2, 0.25) is 0 Å². The fourth-order valence-corrected chi connectivity index (χ4v) is 2.30. The molecular formula is C13H11N7. The Kier molecular flexibility index (Phi) is 2.19. The Balaban J connectivity index is 1.96. The first kappa shape index (κ1) is 10.9. The lowest BCUT2D eigenvalue weighted by Crippen LogP contribution is -2.31. The molecule has 0 spiro atoms. The molecule has 0 saturated heterocycles. The Bertz CT molecular complexity index is 806. The third kappa shape index (κ3) is 1.53. The smallest absolute Gasteiger partial charge is 0.196 e. The maximum atomic E-state index is 5.88. The Morgan fingerprint density at radius 2 is 2.00 bits per heavy atom. The van der Waals surface area contributed by atoms with E-state index in [9.17, 15) is 0 Å². The van der Waals surface area contributed by atoms with Gasteiger partial charge in [0, 0.05) is 12.4 Å². The number of anilines is 1. The summed E-state index contributed by atoms with van der Waals surface area (Å²) in [5, 5.41) is 8.44. The molecule has 3 N–H and O–H groups in total. The van der Waals surface area contributed by atoms with Crippen LogP contribution in [0.1, 0.15) is 11.9 Å². The van der Waals surface area contributed by atoms with Gasteiger partial charge >= 0.3 is 0 Å². The van der Waals surface area contributed by atoms with Crippen molar-refractivity contribution < 1.29 is 0 Å². The van der Waals surface area contributed by atoms with E-state index in [0.29, 0.717) is 11.6 Å². The Morgan fingerprint density at radius 1 is 1.10 bits per heavy atom. The molecule has 0 amide bonds. The Hall–Kier alpha value is -2.96. The Labute approximate surface area is 114 Å². The van der Waals surface area contributed by atoms with Crippen molar-refractivity contribution in [1.29, 1.82) is 0 Å². The second-order valence-corrected chi connectivity index (χ2v) is 4.44. The SMILES string of the molecule is NC1=N[C@H](c2ccccn2)n2nc3ncccc3c2N1. The third-order valence-electron chi connectivity index (χ3n) is 3.17. The fraction of sp³-hybridized carbons (Fsp3) is 0.0769. The minimum absolute atomic E-state index is 0.346. The van der Waals surface area contributed by atoms with Gasteiger partial charge in [0.1, 0.15) is 5.82 Å². The van der Waals surface area contributed by atoms with Crippen molar-refractivity contribution in [2.24, 2.45) is 10.7 Å². The van der Waals surface area contributed by atoms with Crippen LogP contribution in [0.2, 0.25) is 0 Å². The minimum Gasteiger partial charge on any atom is -0.370 e. The van der Waals surface area contributed by atoms with E-state index in [0.717, 1.165) is 16.9 Å². The van der Waals surface area contributed by atoms with Gasteiger partial charge < -0.3 is 11.1 Å². The number of aromatic nitrogens is 4. The topological polar surface area (TPSA) is 94.0 Å². The highest BCUT2D eigenvalue weighted by molar-refractivity contribution is 6.00. The number of guanidine groups is 1. The molecule has 4 heterocycles. The zero-order valence-corrected chi connectivity index (χ0v) is 10.4. The van der Waals surface area contributed by atoms with E-state index in [1.54, 1.807) is 17.1 Å². The quantitative estimate of drug-likeness (QED) is 0.687. The highest BCUT2D eigenvalue weighted by Crippen LogP contribution is 2.30. The van der Waals surface area contributed by atoms with Gasteiger partial charge in [-0.15, -0.1) is 5.10 Å². The average molecular weight is 265 g/mol. The number of hydrogen-bond donors (Lipinski definition) is 2. The molecule has 3 aromatic heterocycles. The van der Waals surface area contributed by atoms with E-state index in [1.807, 2.05) is 30.3 Å². The van der Waals surface area contributed by atoms with E-state index in [-0.39, 0.29) is 6.17 Å². The monoisotopic (exact) mass is 265 g/mol. The van der Waals surface area contributed by atoms with E-state index in [2.05, 4.69) is 25.4 Å². The van der Waals surface area contributed by atoms with E-state index in [1.165, 1.54) is 0 Å². The molecule has 0 bridgehead atoms. The van der Waals surface area contributed by atoms with Gasteiger partial charge in [-0.05, 0) is 24.3 Å². The predicted molar refractivity (Wildman–Crippen MR) is 75.1 cm³/mol. The second-order valence-electron chi connectivity index (χ2n) is 4.44. The number of rotatable bonds is 1. The van der Waals surface area contributed by atoms with Gasteiger partial charge in [0.25, 0.3) is 0 Å². The van der Waals surface area contributed by atoms with Crippen LogP contribution < -0.4 is 11.1 Å². The van der Waals surface area contributed by atoms with Crippen molar-refractivity contribution in [2.45, 2.75) is 6.17 Å². The van der Waals surface area contributed by atoms with E-state index >= 15 is 0 Å². The summed E-state index contributed by atoms with van der Waals surface area (Å²) in [7, 11) is 0. The van der Waals surface area contributed by atoms with Crippen LogP contribution in [0.4, 0.5) is 5.82 Å². The molecule has 7 heteroatoms. The van der Waals surface area contributed by atoms with Gasteiger partial charge in [-0.3, -0.25) is 4.98 Å². The first-order valence-corrected chi connectivity index (χ1v) is 6.17.